The molecule has 20 heavy (non-hydrogen) atoms. The molecule has 0 heterocycles. The number of nitro groups is 1. The second-order valence-corrected chi connectivity index (χ2v) is 5.28. The van der Waals surface area contributed by atoms with Crippen molar-refractivity contribution in [2.24, 2.45) is 5.92 Å². The van der Waals surface area contributed by atoms with E-state index in [4.69, 9.17) is 0 Å². The van der Waals surface area contributed by atoms with E-state index in [1.165, 1.54) is 26.2 Å². The van der Waals surface area contributed by atoms with E-state index < -0.39 is 22.7 Å². The monoisotopic (exact) mass is 343 g/mol. The standard InChI is InChI=1S/C13H14BrNO5/c1-7(12(8(2)16)13(17)20-3)10-5-4-9(14)6-11(10)15(18)19/h4-7,12H,1-3H3. The van der Waals surface area contributed by atoms with Gasteiger partial charge in [0.25, 0.3) is 5.69 Å². The molecule has 0 aromatic heterocycles. The van der Waals surface area contributed by atoms with E-state index in [9.17, 15) is 19.7 Å². The Hall–Kier alpha value is -1.76. The summed E-state index contributed by atoms with van der Waals surface area (Å²) in [5.74, 6) is -2.78. The number of benzene rings is 1. The number of carbonyl (C=O) groups excluding carboxylic acids is 2. The first-order chi connectivity index (χ1) is 9.29. The van der Waals surface area contributed by atoms with Crippen molar-refractivity contribution < 1.29 is 19.2 Å². The highest BCUT2D eigenvalue weighted by Gasteiger charge is 2.34. The minimum atomic E-state index is -1.06. The first-order valence-corrected chi connectivity index (χ1v) is 6.61. The van der Waals surface area contributed by atoms with Crippen LogP contribution in [0.2, 0.25) is 0 Å². The topological polar surface area (TPSA) is 86.5 Å². The van der Waals surface area contributed by atoms with Gasteiger partial charge >= 0.3 is 5.97 Å². The average molecular weight is 344 g/mol. The van der Waals surface area contributed by atoms with Crippen LogP contribution in [0.3, 0.4) is 0 Å². The quantitative estimate of drug-likeness (QED) is 0.355. The summed E-state index contributed by atoms with van der Waals surface area (Å²) >= 11 is 3.16. The summed E-state index contributed by atoms with van der Waals surface area (Å²) in [7, 11) is 1.18. The molecule has 2 unspecified atom stereocenters. The summed E-state index contributed by atoms with van der Waals surface area (Å²) in [5, 5.41) is 11.1. The molecule has 0 N–H and O–H groups in total. The highest BCUT2D eigenvalue weighted by atomic mass is 79.9. The molecule has 0 radical (unpaired) electrons. The van der Waals surface area contributed by atoms with Crippen molar-refractivity contribution in [2.45, 2.75) is 19.8 Å². The molecule has 6 nitrogen and oxygen atoms in total. The Morgan fingerprint density at radius 2 is 2.00 bits per heavy atom. The maximum absolute atomic E-state index is 11.7. The molecule has 0 aliphatic carbocycles. The number of hydrogen-bond acceptors (Lipinski definition) is 5. The van der Waals surface area contributed by atoms with Crippen LogP contribution in [0.4, 0.5) is 5.69 Å². The third-order valence-corrected chi connectivity index (χ3v) is 3.57. The minimum Gasteiger partial charge on any atom is -0.468 e. The van der Waals surface area contributed by atoms with Gasteiger partial charge in [-0.25, -0.2) is 0 Å². The summed E-state index contributed by atoms with van der Waals surface area (Å²) in [6, 6.07) is 4.51. The van der Waals surface area contributed by atoms with Crippen molar-refractivity contribution in [1.29, 1.82) is 0 Å². The van der Waals surface area contributed by atoms with E-state index in [2.05, 4.69) is 20.7 Å². The van der Waals surface area contributed by atoms with Crippen LogP contribution in [-0.2, 0) is 14.3 Å². The van der Waals surface area contributed by atoms with Crippen LogP contribution in [0, 0.1) is 16.0 Å². The van der Waals surface area contributed by atoms with Crippen molar-refractivity contribution >= 4 is 33.4 Å². The molecule has 7 heteroatoms. The smallest absolute Gasteiger partial charge is 0.316 e. The first kappa shape index (κ1) is 16.3. The lowest BCUT2D eigenvalue weighted by atomic mass is 9.84. The predicted octanol–water partition coefficient (Wildman–Crippen LogP) is 2.84. The van der Waals surface area contributed by atoms with Gasteiger partial charge in [-0.3, -0.25) is 19.7 Å². The third-order valence-electron chi connectivity index (χ3n) is 3.07. The molecule has 0 amide bonds. The number of nitro benzene ring substituents is 1. The number of halogens is 1. The zero-order valence-electron chi connectivity index (χ0n) is 11.3. The van der Waals surface area contributed by atoms with E-state index in [0.29, 0.717) is 10.0 Å². The molecule has 2 atom stereocenters. The summed E-state index contributed by atoms with van der Waals surface area (Å²) in [5.41, 5.74) is 0.186. The number of ketones is 1. The Morgan fingerprint density at radius 1 is 1.40 bits per heavy atom. The summed E-state index contributed by atoms with van der Waals surface area (Å²) < 4.78 is 5.15. The van der Waals surface area contributed by atoms with Crippen LogP contribution >= 0.6 is 15.9 Å². The van der Waals surface area contributed by atoms with Crippen molar-refractivity contribution in [3.05, 3.63) is 38.3 Å². The van der Waals surface area contributed by atoms with Crippen molar-refractivity contribution in [1.82, 2.24) is 0 Å². The number of Topliss-reactive ketones (excluding diaryl/α,β-unsaturated/α-hetero) is 1. The molecule has 0 fully saturated rings. The maximum atomic E-state index is 11.7. The molecule has 0 aliphatic rings. The number of ether oxygens (including phenoxy) is 1. The van der Waals surface area contributed by atoms with Gasteiger partial charge < -0.3 is 4.74 Å². The van der Waals surface area contributed by atoms with Crippen molar-refractivity contribution in [3.8, 4) is 0 Å². The number of esters is 1. The summed E-state index contributed by atoms with van der Waals surface area (Å²) in [6.45, 7) is 2.86. The molecule has 0 spiro atoms. The number of methoxy groups -OCH3 is 1. The molecular formula is C13H14BrNO5. The zero-order valence-corrected chi connectivity index (χ0v) is 12.8. The fraction of sp³-hybridized carbons (Fsp3) is 0.385. The Kier molecular flexibility index (Phi) is 5.38. The van der Waals surface area contributed by atoms with Crippen LogP contribution in [-0.4, -0.2) is 23.8 Å². The fourth-order valence-electron chi connectivity index (χ4n) is 2.09. The van der Waals surface area contributed by atoms with Gasteiger partial charge in [-0.05, 0) is 13.0 Å². The third kappa shape index (κ3) is 3.41. The van der Waals surface area contributed by atoms with Crippen LogP contribution in [0.1, 0.15) is 25.3 Å². The predicted molar refractivity (Wildman–Crippen MR) is 75.4 cm³/mol. The lowest BCUT2D eigenvalue weighted by Gasteiger charge is -2.19. The molecule has 108 valence electrons. The highest BCUT2D eigenvalue weighted by molar-refractivity contribution is 9.10. The molecule has 1 aromatic rings. The number of hydrogen-bond donors (Lipinski definition) is 0. The first-order valence-electron chi connectivity index (χ1n) is 5.81. The van der Waals surface area contributed by atoms with Gasteiger partial charge in [0, 0.05) is 22.0 Å². The summed E-state index contributed by atoms with van der Waals surface area (Å²) in [4.78, 5) is 33.9. The van der Waals surface area contributed by atoms with Gasteiger partial charge in [0.15, 0.2) is 0 Å². The molecule has 0 aliphatic heterocycles. The molecule has 0 saturated heterocycles. The van der Waals surface area contributed by atoms with Crippen LogP contribution in [0.25, 0.3) is 0 Å². The minimum absolute atomic E-state index is 0.137. The highest BCUT2D eigenvalue weighted by Crippen LogP contribution is 2.34. The lowest BCUT2D eigenvalue weighted by Crippen LogP contribution is -2.28. The van der Waals surface area contributed by atoms with Crippen LogP contribution < -0.4 is 0 Å². The number of rotatable bonds is 5. The molecule has 1 aromatic carbocycles. The van der Waals surface area contributed by atoms with Gasteiger partial charge in [-0.1, -0.05) is 28.9 Å². The Balaban J connectivity index is 3.31. The lowest BCUT2D eigenvalue weighted by molar-refractivity contribution is -0.385. The van der Waals surface area contributed by atoms with Gasteiger partial charge in [0.1, 0.15) is 11.7 Å². The van der Waals surface area contributed by atoms with Crippen molar-refractivity contribution in [3.63, 3.8) is 0 Å². The second-order valence-electron chi connectivity index (χ2n) is 4.36. The Morgan fingerprint density at radius 3 is 2.45 bits per heavy atom. The van der Waals surface area contributed by atoms with Gasteiger partial charge in [-0.15, -0.1) is 0 Å². The van der Waals surface area contributed by atoms with E-state index in [1.54, 1.807) is 13.0 Å². The van der Waals surface area contributed by atoms with Gasteiger partial charge in [0.2, 0.25) is 0 Å². The zero-order chi connectivity index (χ0) is 15.4. The van der Waals surface area contributed by atoms with Crippen LogP contribution in [0.5, 0.6) is 0 Å². The fourth-order valence-corrected chi connectivity index (χ4v) is 2.44. The Labute approximate surface area is 124 Å². The van der Waals surface area contributed by atoms with Gasteiger partial charge in [-0.2, -0.15) is 0 Å². The maximum Gasteiger partial charge on any atom is 0.316 e. The Bertz CT molecular complexity index is 558. The molecule has 0 bridgehead atoms. The van der Waals surface area contributed by atoms with E-state index in [-0.39, 0.29) is 11.5 Å². The van der Waals surface area contributed by atoms with E-state index >= 15 is 0 Å². The average Bonchev–Trinajstić information content (AvgIpc) is 2.37. The largest absolute Gasteiger partial charge is 0.468 e. The SMILES string of the molecule is COC(=O)C(C(C)=O)C(C)c1ccc(Br)cc1[N+](=O)[O-]. The number of carbonyl (C=O) groups is 2. The van der Waals surface area contributed by atoms with Crippen molar-refractivity contribution in [2.75, 3.05) is 7.11 Å². The summed E-state index contributed by atoms with van der Waals surface area (Å²) in [6.07, 6.45) is 0. The van der Waals surface area contributed by atoms with Crippen LogP contribution in [0.15, 0.2) is 22.7 Å². The van der Waals surface area contributed by atoms with Gasteiger partial charge in [0.05, 0.1) is 12.0 Å². The molecular weight excluding hydrogens is 330 g/mol. The van der Waals surface area contributed by atoms with E-state index in [1.807, 2.05) is 0 Å². The normalized spacial score (nSPS) is 13.4. The number of nitrogens with zero attached hydrogens (tertiary/aromatic N) is 1. The molecule has 1 rings (SSSR count). The van der Waals surface area contributed by atoms with E-state index in [0.717, 1.165) is 0 Å². The second kappa shape index (κ2) is 6.60. The molecule has 0 saturated carbocycles.